The SMILES string of the molecule is O=C(NCCCc1nnc2ccccn12)c1ccc(CN2CCCC2)o1. The Morgan fingerprint density at radius 3 is 2.92 bits per heavy atom. The molecule has 0 bridgehead atoms. The topological polar surface area (TPSA) is 75.7 Å². The normalized spacial score (nSPS) is 14.9. The summed E-state index contributed by atoms with van der Waals surface area (Å²) in [6, 6.07) is 9.48. The Kier molecular flexibility index (Phi) is 4.97. The van der Waals surface area contributed by atoms with Crippen LogP contribution in [0.25, 0.3) is 5.65 Å². The van der Waals surface area contributed by atoms with Crippen LogP contribution in [0.5, 0.6) is 0 Å². The molecule has 1 aliphatic heterocycles. The average Bonchev–Trinajstić information content (AvgIpc) is 3.40. The van der Waals surface area contributed by atoms with E-state index in [4.69, 9.17) is 4.42 Å². The van der Waals surface area contributed by atoms with Crippen molar-refractivity contribution in [2.45, 2.75) is 32.2 Å². The molecule has 136 valence electrons. The molecule has 0 radical (unpaired) electrons. The number of pyridine rings is 1. The van der Waals surface area contributed by atoms with Crippen LogP contribution < -0.4 is 5.32 Å². The van der Waals surface area contributed by atoms with Crippen molar-refractivity contribution < 1.29 is 9.21 Å². The number of nitrogens with one attached hydrogen (secondary N) is 1. The number of nitrogens with zero attached hydrogens (tertiary/aromatic N) is 4. The molecule has 7 heteroatoms. The second-order valence-corrected chi connectivity index (χ2v) is 6.65. The molecule has 0 spiro atoms. The summed E-state index contributed by atoms with van der Waals surface area (Å²) < 4.78 is 7.66. The fraction of sp³-hybridized carbons (Fsp3) is 0.421. The van der Waals surface area contributed by atoms with Crippen molar-refractivity contribution >= 4 is 11.6 Å². The number of hydrogen-bond acceptors (Lipinski definition) is 5. The van der Waals surface area contributed by atoms with E-state index < -0.39 is 0 Å². The Morgan fingerprint density at radius 1 is 1.15 bits per heavy atom. The van der Waals surface area contributed by atoms with Crippen LogP contribution >= 0.6 is 0 Å². The zero-order valence-electron chi connectivity index (χ0n) is 14.7. The van der Waals surface area contributed by atoms with Gasteiger partial charge in [-0.2, -0.15) is 0 Å². The summed E-state index contributed by atoms with van der Waals surface area (Å²) in [4.78, 5) is 14.6. The van der Waals surface area contributed by atoms with E-state index in [-0.39, 0.29) is 5.91 Å². The van der Waals surface area contributed by atoms with Crippen LogP contribution in [0.1, 0.15) is 41.4 Å². The minimum Gasteiger partial charge on any atom is -0.455 e. The Morgan fingerprint density at radius 2 is 2.04 bits per heavy atom. The summed E-state index contributed by atoms with van der Waals surface area (Å²) in [7, 11) is 0. The first kappa shape index (κ1) is 16.8. The molecule has 1 N–H and O–H groups in total. The van der Waals surface area contributed by atoms with E-state index in [1.165, 1.54) is 12.8 Å². The lowest BCUT2D eigenvalue weighted by atomic mass is 10.3. The maximum absolute atomic E-state index is 12.2. The zero-order chi connectivity index (χ0) is 17.8. The van der Waals surface area contributed by atoms with Crippen molar-refractivity contribution in [2.24, 2.45) is 0 Å². The molecule has 0 saturated carbocycles. The van der Waals surface area contributed by atoms with Gasteiger partial charge in [-0.1, -0.05) is 6.07 Å². The molecule has 4 rings (SSSR count). The highest BCUT2D eigenvalue weighted by atomic mass is 16.4. The first-order valence-corrected chi connectivity index (χ1v) is 9.17. The second-order valence-electron chi connectivity index (χ2n) is 6.65. The van der Waals surface area contributed by atoms with Crippen molar-refractivity contribution in [2.75, 3.05) is 19.6 Å². The molecule has 4 heterocycles. The molecule has 3 aromatic heterocycles. The predicted octanol–water partition coefficient (Wildman–Crippen LogP) is 2.28. The average molecular weight is 353 g/mol. The number of carbonyl (C=O) groups is 1. The van der Waals surface area contributed by atoms with Crippen LogP contribution in [0.2, 0.25) is 0 Å². The Labute approximate surface area is 152 Å². The summed E-state index contributed by atoms with van der Waals surface area (Å²) in [5.74, 6) is 1.98. The van der Waals surface area contributed by atoms with Crippen LogP contribution in [-0.4, -0.2) is 45.0 Å². The van der Waals surface area contributed by atoms with Crippen LogP contribution in [0.15, 0.2) is 40.9 Å². The first-order valence-electron chi connectivity index (χ1n) is 9.17. The minimum atomic E-state index is -0.163. The van der Waals surface area contributed by atoms with Crippen LogP contribution in [0.3, 0.4) is 0 Å². The molecule has 0 aromatic carbocycles. The largest absolute Gasteiger partial charge is 0.455 e. The lowest BCUT2D eigenvalue weighted by Crippen LogP contribution is -2.24. The van der Waals surface area contributed by atoms with Crippen molar-refractivity contribution in [3.63, 3.8) is 0 Å². The Bertz CT molecular complexity index is 879. The van der Waals surface area contributed by atoms with E-state index in [1.54, 1.807) is 6.07 Å². The van der Waals surface area contributed by atoms with E-state index in [9.17, 15) is 4.79 Å². The molecule has 1 fully saturated rings. The van der Waals surface area contributed by atoms with Crippen molar-refractivity contribution in [3.05, 3.63) is 53.9 Å². The molecule has 1 saturated heterocycles. The molecule has 1 aliphatic rings. The zero-order valence-corrected chi connectivity index (χ0v) is 14.7. The van der Waals surface area contributed by atoms with E-state index in [0.717, 1.165) is 49.7 Å². The minimum absolute atomic E-state index is 0.163. The summed E-state index contributed by atoms with van der Waals surface area (Å²) in [6.45, 7) is 3.58. The summed E-state index contributed by atoms with van der Waals surface area (Å²) in [5.41, 5.74) is 0.840. The third-order valence-electron chi connectivity index (χ3n) is 4.71. The molecule has 0 atom stereocenters. The van der Waals surface area contributed by atoms with Gasteiger partial charge in [-0.05, 0) is 56.6 Å². The number of aryl methyl sites for hydroxylation is 1. The van der Waals surface area contributed by atoms with Gasteiger partial charge in [-0.25, -0.2) is 0 Å². The highest BCUT2D eigenvalue weighted by Gasteiger charge is 2.16. The van der Waals surface area contributed by atoms with Crippen LogP contribution in [-0.2, 0) is 13.0 Å². The Hall–Kier alpha value is -2.67. The quantitative estimate of drug-likeness (QED) is 0.660. The number of amides is 1. The maximum Gasteiger partial charge on any atom is 0.286 e. The molecule has 0 aliphatic carbocycles. The number of furan rings is 1. The number of fused-ring (bicyclic) bond motifs is 1. The van der Waals surface area contributed by atoms with Gasteiger partial charge in [0.2, 0.25) is 0 Å². The van der Waals surface area contributed by atoms with Gasteiger partial charge in [0.25, 0.3) is 5.91 Å². The van der Waals surface area contributed by atoms with Gasteiger partial charge in [0, 0.05) is 19.2 Å². The van der Waals surface area contributed by atoms with Crippen LogP contribution in [0, 0.1) is 0 Å². The van der Waals surface area contributed by atoms with Gasteiger partial charge < -0.3 is 9.73 Å². The van der Waals surface area contributed by atoms with Gasteiger partial charge in [-0.15, -0.1) is 10.2 Å². The monoisotopic (exact) mass is 353 g/mol. The predicted molar refractivity (Wildman–Crippen MR) is 96.9 cm³/mol. The summed E-state index contributed by atoms with van der Waals surface area (Å²) in [6.07, 6.45) is 5.99. The lowest BCUT2D eigenvalue weighted by molar-refractivity contribution is 0.0922. The molecular formula is C19H23N5O2. The van der Waals surface area contributed by atoms with Crippen molar-refractivity contribution in [1.82, 2.24) is 24.8 Å². The molecular weight excluding hydrogens is 330 g/mol. The standard InChI is InChI=1S/C19H23N5O2/c25-19(16-9-8-15(26-16)14-23-11-3-4-12-23)20-10-5-7-18-22-21-17-6-1-2-13-24(17)18/h1-2,6,8-9,13H,3-5,7,10-12,14H2,(H,20,25). The molecule has 0 unspecified atom stereocenters. The highest BCUT2D eigenvalue weighted by Crippen LogP contribution is 2.15. The number of rotatable bonds is 7. The van der Waals surface area contributed by atoms with Crippen molar-refractivity contribution in [3.8, 4) is 0 Å². The summed E-state index contributed by atoms with van der Waals surface area (Å²) >= 11 is 0. The van der Waals surface area contributed by atoms with Gasteiger partial charge >= 0.3 is 0 Å². The van der Waals surface area contributed by atoms with E-state index in [2.05, 4.69) is 20.4 Å². The number of carbonyl (C=O) groups excluding carboxylic acids is 1. The Balaban J connectivity index is 1.24. The molecule has 26 heavy (non-hydrogen) atoms. The number of hydrogen-bond donors (Lipinski definition) is 1. The fourth-order valence-electron chi connectivity index (χ4n) is 3.34. The smallest absolute Gasteiger partial charge is 0.286 e. The lowest BCUT2D eigenvalue weighted by Gasteiger charge is -2.11. The first-order chi connectivity index (χ1) is 12.8. The van der Waals surface area contributed by atoms with E-state index in [0.29, 0.717) is 12.3 Å². The molecule has 1 amide bonds. The van der Waals surface area contributed by atoms with E-state index >= 15 is 0 Å². The summed E-state index contributed by atoms with van der Waals surface area (Å²) in [5, 5.41) is 11.2. The fourth-order valence-corrected chi connectivity index (χ4v) is 3.34. The van der Waals surface area contributed by atoms with Crippen molar-refractivity contribution in [1.29, 1.82) is 0 Å². The van der Waals surface area contributed by atoms with Gasteiger partial charge in [-0.3, -0.25) is 14.1 Å². The molecule has 7 nitrogen and oxygen atoms in total. The third kappa shape index (κ3) is 3.77. The maximum atomic E-state index is 12.2. The van der Waals surface area contributed by atoms with E-state index in [1.807, 2.05) is 34.9 Å². The van der Waals surface area contributed by atoms with Gasteiger partial charge in [0.1, 0.15) is 11.6 Å². The molecule has 3 aromatic rings. The third-order valence-corrected chi connectivity index (χ3v) is 4.71. The second kappa shape index (κ2) is 7.70. The number of aromatic nitrogens is 3. The van der Waals surface area contributed by atoms with Gasteiger partial charge in [0.05, 0.1) is 6.54 Å². The highest BCUT2D eigenvalue weighted by molar-refractivity contribution is 5.91. The van der Waals surface area contributed by atoms with Crippen LogP contribution in [0.4, 0.5) is 0 Å². The number of likely N-dealkylation sites (tertiary alicyclic amines) is 1. The van der Waals surface area contributed by atoms with Gasteiger partial charge in [0.15, 0.2) is 11.4 Å².